The zero-order chi connectivity index (χ0) is 14.7. The maximum Gasteiger partial charge on any atom is 0.140 e. The second-order valence-electron chi connectivity index (χ2n) is 4.80. The van der Waals surface area contributed by atoms with Crippen molar-refractivity contribution in [2.24, 2.45) is 4.99 Å². The number of nitrogens with zero attached hydrogens (tertiary/aromatic N) is 2. The topological polar surface area (TPSA) is 57.1 Å². The zero-order valence-electron chi connectivity index (χ0n) is 12.7. The van der Waals surface area contributed by atoms with Crippen LogP contribution >= 0.6 is 0 Å². The molecule has 0 bridgehead atoms. The van der Waals surface area contributed by atoms with Gasteiger partial charge in [0.05, 0.1) is 6.61 Å². The normalized spacial score (nSPS) is 15.4. The van der Waals surface area contributed by atoms with Crippen molar-refractivity contribution in [1.82, 2.24) is 10.2 Å². The van der Waals surface area contributed by atoms with E-state index < -0.39 is 0 Å². The summed E-state index contributed by atoms with van der Waals surface area (Å²) >= 11 is 0. The van der Waals surface area contributed by atoms with E-state index in [1.54, 1.807) is 7.11 Å². The van der Waals surface area contributed by atoms with E-state index in [1.807, 2.05) is 6.20 Å². The van der Waals surface area contributed by atoms with Crippen molar-refractivity contribution < 1.29 is 9.84 Å². The number of aliphatic hydroxyl groups excluding tert-OH is 1. The summed E-state index contributed by atoms with van der Waals surface area (Å²) in [6, 6.07) is 0.523. The molecule has 19 heavy (non-hydrogen) atoms. The third-order valence-electron chi connectivity index (χ3n) is 3.16. The number of rotatable bonds is 11. The second-order valence-corrected chi connectivity index (χ2v) is 4.80. The molecule has 0 radical (unpaired) electrons. The van der Waals surface area contributed by atoms with Gasteiger partial charge in [-0.25, -0.2) is 0 Å². The first-order valence-corrected chi connectivity index (χ1v) is 6.76. The summed E-state index contributed by atoms with van der Waals surface area (Å²) in [5, 5.41) is 12.0. The molecule has 0 aromatic rings. The predicted octanol–water partition coefficient (Wildman–Crippen LogP) is 1.25. The minimum absolute atomic E-state index is 0.0471. The first-order chi connectivity index (χ1) is 9.08. The van der Waals surface area contributed by atoms with Gasteiger partial charge in [0, 0.05) is 26.3 Å². The highest BCUT2D eigenvalue weighted by molar-refractivity contribution is 5.24. The fourth-order valence-electron chi connectivity index (χ4n) is 1.96. The summed E-state index contributed by atoms with van der Waals surface area (Å²) in [4.78, 5) is 6.08. The van der Waals surface area contributed by atoms with Gasteiger partial charge in [-0.3, -0.25) is 9.89 Å². The molecule has 2 unspecified atom stereocenters. The summed E-state index contributed by atoms with van der Waals surface area (Å²) in [5.41, 5.74) is 1.19. The summed E-state index contributed by atoms with van der Waals surface area (Å²) in [6.07, 6.45) is 3.72. The Bertz CT molecular complexity index is 269. The van der Waals surface area contributed by atoms with Gasteiger partial charge in [0.15, 0.2) is 0 Å². The van der Waals surface area contributed by atoms with E-state index in [1.165, 1.54) is 5.57 Å². The molecule has 5 nitrogen and oxygen atoms in total. The first kappa shape index (κ1) is 18.1. The zero-order valence-corrected chi connectivity index (χ0v) is 12.7. The molecule has 0 aliphatic heterocycles. The lowest BCUT2D eigenvalue weighted by molar-refractivity contribution is 0.148. The number of hydrogen-bond donors (Lipinski definition) is 2. The molecule has 0 saturated heterocycles. The minimum Gasteiger partial charge on any atom is -0.392 e. The summed E-state index contributed by atoms with van der Waals surface area (Å²) in [5.74, 6) is 0. The number of aliphatic imine (C=N–C) groups is 1. The highest BCUT2D eigenvalue weighted by atomic mass is 16.5. The van der Waals surface area contributed by atoms with E-state index in [9.17, 15) is 0 Å². The van der Waals surface area contributed by atoms with Gasteiger partial charge in [-0.15, -0.1) is 0 Å². The van der Waals surface area contributed by atoms with Crippen LogP contribution in [0.15, 0.2) is 16.8 Å². The average molecular weight is 271 g/mol. The van der Waals surface area contributed by atoms with E-state index >= 15 is 0 Å². The van der Waals surface area contributed by atoms with Crippen LogP contribution in [0.25, 0.3) is 0 Å². The highest BCUT2D eigenvalue weighted by Crippen LogP contribution is 2.09. The van der Waals surface area contributed by atoms with Crippen LogP contribution in [0.3, 0.4) is 0 Å². The fourth-order valence-corrected chi connectivity index (χ4v) is 1.96. The summed E-state index contributed by atoms with van der Waals surface area (Å²) in [7, 11) is 3.86. The van der Waals surface area contributed by atoms with Crippen LogP contribution in [0.1, 0.15) is 26.7 Å². The van der Waals surface area contributed by atoms with E-state index in [0.29, 0.717) is 6.04 Å². The quantitative estimate of drug-likeness (QED) is 0.555. The molecule has 0 aromatic carbocycles. The Hall–Kier alpha value is -0.910. The van der Waals surface area contributed by atoms with Gasteiger partial charge in [0.2, 0.25) is 0 Å². The molecule has 2 N–H and O–H groups in total. The molecular weight excluding hydrogens is 242 g/mol. The molecule has 0 rings (SSSR count). The average Bonchev–Trinajstić information content (AvgIpc) is 2.40. The molecule has 0 heterocycles. The van der Waals surface area contributed by atoms with E-state index in [0.717, 1.165) is 26.0 Å². The smallest absolute Gasteiger partial charge is 0.140 e. The Balaban J connectivity index is 4.23. The molecule has 112 valence electrons. The number of likely N-dealkylation sites (N-methyl/N-ethyl adjacent to an activating group) is 1. The van der Waals surface area contributed by atoms with Crippen molar-refractivity contribution in [2.75, 3.05) is 33.9 Å². The molecule has 0 aromatic heterocycles. The minimum atomic E-state index is -0.323. The summed E-state index contributed by atoms with van der Waals surface area (Å²) < 4.78 is 5.14. The number of aliphatic hydroxyl groups is 1. The maximum absolute atomic E-state index is 8.99. The Labute approximate surface area is 117 Å². The third kappa shape index (κ3) is 7.97. The Kier molecular flexibility index (Phi) is 10.4. The molecule has 2 atom stereocenters. The van der Waals surface area contributed by atoms with Crippen LogP contribution in [0.5, 0.6) is 0 Å². The molecule has 0 saturated carbocycles. The van der Waals surface area contributed by atoms with Crippen LogP contribution in [0.2, 0.25) is 0 Å². The molecular formula is C14H29N3O2. The van der Waals surface area contributed by atoms with Crippen LogP contribution in [0.4, 0.5) is 0 Å². The van der Waals surface area contributed by atoms with Crippen molar-refractivity contribution in [3.05, 3.63) is 11.8 Å². The van der Waals surface area contributed by atoms with Gasteiger partial charge in [0.25, 0.3) is 0 Å². The first-order valence-electron chi connectivity index (χ1n) is 6.76. The lowest BCUT2D eigenvalue weighted by Crippen LogP contribution is -2.34. The Morgan fingerprint density at radius 1 is 1.58 bits per heavy atom. The van der Waals surface area contributed by atoms with E-state index in [-0.39, 0.29) is 12.8 Å². The molecule has 0 aliphatic carbocycles. The lowest BCUT2D eigenvalue weighted by atomic mass is 10.1. The Morgan fingerprint density at radius 2 is 2.26 bits per heavy atom. The second kappa shape index (κ2) is 11.0. The number of methoxy groups -OCH3 is 1. The van der Waals surface area contributed by atoms with Crippen molar-refractivity contribution in [3.63, 3.8) is 0 Å². The van der Waals surface area contributed by atoms with Crippen molar-refractivity contribution >= 4 is 6.72 Å². The van der Waals surface area contributed by atoms with Gasteiger partial charge in [0.1, 0.15) is 6.17 Å². The van der Waals surface area contributed by atoms with Gasteiger partial charge in [-0.2, -0.15) is 0 Å². The van der Waals surface area contributed by atoms with Gasteiger partial charge >= 0.3 is 0 Å². The van der Waals surface area contributed by atoms with Gasteiger partial charge in [-0.1, -0.05) is 6.92 Å². The summed E-state index contributed by atoms with van der Waals surface area (Å²) in [6.45, 7) is 9.29. The predicted molar refractivity (Wildman–Crippen MR) is 80.5 cm³/mol. The Morgan fingerprint density at radius 3 is 2.74 bits per heavy atom. The van der Waals surface area contributed by atoms with Crippen molar-refractivity contribution in [1.29, 1.82) is 0 Å². The number of nitrogens with one attached hydrogen (secondary N) is 1. The van der Waals surface area contributed by atoms with Crippen molar-refractivity contribution in [2.45, 2.75) is 38.9 Å². The fraction of sp³-hybridized carbons (Fsp3) is 0.786. The molecule has 0 aliphatic rings. The largest absolute Gasteiger partial charge is 0.392 e. The number of hydrogen-bond acceptors (Lipinski definition) is 5. The monoisotopic (exact) mass is 271 g/mol. The van der Waals surface area contributed by atoms with Gasteiger partial charge < -0.3 is 15.2 Å². The van der Waals surface area contributed by atoms with E-state index in [4.69, 9.17) is 9.84 Å². The SMILES string of the molecule is C=NC(CO)N/C=C(\C)CN(C)C(CC)CCOC. The number of ether oxygens (including phenoxy) is 1. The molecule has 0 fully saturated rings. The third-order valence-corrected chi connectivity index (χ3v) is 3.16. The van der Waals surface area contributed by atoms with Crippen LogP contribution in [-0.2, 0) is 4.74 Å². The van der Waals surface area contributed by atoms with Gasteiger partial charge in [-0.05, 0) is 45.3 Å². The van der Waals surface area contributed by atoms with Crippen LogP contribution in [0, 0.1) is 0 Å². The molecule has 0 amide bonds. The van der Waals surface area contributed by atoms with Crippen molar-refractivity contribution in [3.8, 4) is 0 Å². The maximum atomic E-state index is 8.99. The van der Waals surface area contributed by atoms with Crippen LogP contribution < -0.4 is 5.32 Å². The van der Waals surface area contributed by atoms with E-state index in [2.05, 4.69) is 42.8 Å². The molecule has 5 heteroatoms. The lowest BCUT2D eigenvalue weighted by Gasteiger charge is -2.27. The molecule has 0 spiro atoms. The standard InChI is InChI=1S/C14H29N3O2/c1-6-13(7-8-19-5)17(4)10-12(2)9-16-14(11-18)15-3/h9,13-14,16,18H,3,6-8,10-11H2,1-2,4-5H3/b12-9+. The highest BCUT2D eigenvalue weighted by Gasteiger charge is 2.12. The van der Waals surface area contributed by atoms with Crippen LogP contribution in [-0.4, -0.2) is 62.8 Å².